The van der Waals surface area contributed by atoms with Gasteiger partial charge in [0.15, 0.2) is 0 Å². The molecule has 1 atom stereocenters. The van der Waals surface area contributed by atoms with Gasteiger partial charge in [-0.25, -0.2) is 0 Å². The van der Waals surface area contributed by atoms with Gasteiger partial charge < -0.3 is 4.74 Å². The summed E-state index contributed by atoms with van der Waals surface area (Å²) in [7, 11) is 1.64. The van der Waals surface area contributed by atoms with Crippen molar-refractivity contribution in [2.24, 2.45) is 0 Å². The molecule has 0 spiro atoms. The number of benzene rings is 3. The van der Waals surface area contributed by atoms with E-state index in [1.165, 1.54) is 0 Å². The number of amides is 1. The number of aromatic amines is 1. The Hall–Kier alpha value is -3.57. The first-order valence-corrected chi connectivity index (χ1v) is 9.92. The third-order valence-corrected chi connectivity index (χ3v) is 5.61. The van der Waals surface area contributed by atoms with Crippen LogP contribution >= 0.6 is 11.6 Å². The summed E-state index contributed by atoms with van der Waals surface area (Å²) in [5.41, 5.74) is 4.67. The molecule has 1 N–H and O–H groups in total. The van der Waals surface area contributed by atoms with Crippen molar-refractivity contribution in [3.05, 3.63) is 101 Å². The Balaban J connectivity index is 1.76. The van der Waals surface area contributed by atoms with Gasteiger partial charge in [-0.3, -0.25) is 14.8 Å². The van der Waals surface area contributed by atoms with Gasteiger partial charge in [-0.2, -0.15) is 5.10 Å². The van der Waals surface area contributed by atoms with Crippen molar-refractivity contribution >= 4 is 23.2 Å². The predicted molar refractivity (Wildman–Crippen MR) is 117 cm³/mol. The minimum atomic E-state index is -0.390. The molecule has 3 aromatic carbocycles. The summed E-state index contributed by atoms with van der Waals surface area (Å²) in [6.45, 7) is 0. The van der Waals surface area contributed by atoms with Gasteiger partial charge in [-0.1, -0.05) is 60.1 Å². The molecule has 0 aliphatic carbocycles. The smallest absolute Gasteiger partial charge is 0.277 e. The molecule has 4 aromatic rings. The van der Waals surface area contributed by atoms with Crippen molar-refractivity contribution in [2.45, 2.75) is 6.04 Å². The number of methoxy groups -OCH3 is 1. The summed E-state index contributed by atoms with van der Waals surface area (Å²) < 4.78 is 5.64. The molecule has 1 amide bonds. The minimum Gasteiger partial charge on any atom is -0.496 e. The maximum Gasteiger partial charge on any atom is 0.277 e. The Morgan fingerprint density at radius 3 is 2.40 bits per heavy atom. The van der Waals surface area contributed by atoms with Crippen LogP contribution in [0, 0.1) is 0 Å². The number of nitrogens with one attached hydrogen (secondary N) is 1. The van der Waals surface area contributed by atoms with Crippen LogP contribution in [0.25, 0.3) is 11.3 Å². The van der Waals surface area contributed by atoms with Crippen LogP contribution in [0.4, 0.5) is 5.69 Å². The third kappa shape index (κ3) is 2.86. The average molecular weight is 416 g/mol. The number of para-hydroxylation sites is 1. The monoisotopic (exact) mass is 415 g/mol. The molecular weight excluding hydrogens is 398 g/mol. The Morgan fingerprint density at radius 2 is 1.67 bits per heavy atom. The van der Waals surface area contributed by atoms with Crippen molar-refractivity contribution in [3.63, 3.8) is 0 Å². The van der Waals surface area contributed by atoms with Gasteiger partial charge in [0, 0.05) is 27.4 Å². The van der Waals surface area contributed by atoms with E-state index in [4.69, 9.17) is 16.3 Å². The van der Waals surface area contributed by atoms with Crippen LogP contribution in [0.15, 0.2) is 78.9 Å². The van der Waals surface area contributed by atoms with Gasteiger partial charge in [0.1, 0.15) is 11.4 Å². The second-order valence-corrected chi connectivity index (χ2v) is 7.46. The van der Waals surface area contributed by atoms with Crippen LogP contribution in [-0.2, 0) is 0 Å². The highest BCUT2D eigenvalue weighted by atomic mass is 35.5. The van der Waals surface area contributed by atoms with Crippen LogP contribution in [0.5, 0.6) is 5.75 Å². The normalized spacial score (nSPS) is 15.3. The molecule has 30 heavy (non-hydrogen) atoms. The Kier molecular flexibility index (Phi) is 4.52. The molecule has 1 aliphatic rings. The highest BCUT2D eigenvalue weighted by Gasteiger charge is 2.44. The number of carbonyl (C=O) groups excluding carboxylic acids is 1. The summed E-state index contributed by atoms with van der Waals surface area (Å²) in [4.78, 5) is 15.3. The van der Waals surface area contributed by atoms with E-state index >= 15 is 0 Å². The molecule has 0 radical (unpaired) electrons. The molecular formula is C24H18ClN3O2. The van der Waals surface area contributed by atoms with Crippen molar-refractivity contribution in [1.82, 2.24) is 10.2 Å². The van der Waals surface area contributed by atoms with Crippen LogP contribution < -0.4 is 9.64 Å². The van der Waals surface area contributed by atoms with Gasteiger partial charge in [-0.15, -0.1) is 0 Å². The highest BCUT2D eigenvalue weighted by Crippen LogP contribution is 2.47. The van der Waals surface area contributed by atoms with E-state index in [1.807, 2.05) is 66.7 Å². The molecule has 1 aliphatic heterocycles. The minimum absolute atomic E-state index is 0.141. The van der Waals surface area contributed by atoms with E-state index < -0.39 is 6.04 Å². The van der Waals surface area contributed by atoms with Gasteiger partial charge >= 0.3 is 0 Å². The van der Waals surface area contributed by atoms with Gasteiger partial charge in [0.05, 0.1) is 18.8 Å². The van der Waals surface area contributed by atoms with Gasteiger partial charge in [-0.05, 0) is 30.3 Å². The molecule has 0 bridgehead atoms. The number of H-pyrrole nitrogens is 1. The van der Waals surface area contributed by atoms with Crippen molar-refractivity contribution < 1.29 is 9.53 Å². The Labute approximate surface area is 178 Å². The van der Waals surface area contributed by atoms with Crippen molar-refractivity contribution in [3.8, 4) is 17.0 Å². The lowest BCUT2D eigenvalue weighted by Crippen LogP contribution is -2.29. The zero-order chi connectivity index (χ0) is 20.7. The average Bonchev–Trinajstić information content (AvgIpc) is 3.34. The molecule has 148 valence electrons. The van der Waals surface area contributed by atoms with E-state index in [0.29, 0.717) is 16.5 Å². The lowest BCUT2D eigenvalue weighted by Gasteiger charge is -2.27. The van der Waals surface area contributed by atoms with Gasteiger partial charge in [0.2, 0.25) is 0 Å². The third-order valence-electron chi connectivity index (χ3n) is 5.35. The fourth-order valence-electron chi connectivity index (χ4n) is 4.02. The summed E-state index contributed by atoms with van der Waals surface area (Å²) in [5, 5.41) is 8.09. The Bertz CT molecular complexity index is 1220. The number of anilines is 1. The number of ether oxygens (including phenoxy) is 1. The second kappa shape index (κ2) is 7.35. The SMILES string of the molecule is COc1ccccc1[C@@H]1c2c(-c3ccccc3)n[nH]c2C(=O)N1c1ccc(Cl)cc1. The number of aromatic nitrogens is 2. The lowest BCUT2D eigenvalue weighted by atomic mass is 9.95. The maximum absolute atomic E-state index is 13.5. The number of rotatable bonds is 4. The molecule has 5 nitrogen and oxygen atoms in total. The molecule has 5 rings (SSSR count). The largest absolute Gasteiger partial charge is 0.496 e. The number of halogens is 1. The zero-order valence-electron chi connectivity index (χ0n) is 16.2. The molecule has 1 aromatic heterocycles. The molecule has 0 fully saturated rings. The van der Waals surface area contributed by atoms with E-state index in [1.54, 1.807) is 24.1 Å². The Morgan fingerprint density at radius 1 is 0.967 bits per heavy atom. The fourth-order valence-corrected chi connectivity index (χ4v) is 4.14. The van der Waals surface area contributed by atoms with Crippen LogP contribution in [-0.4, -0.2) is 23.2 Å². The first-order valence-electron chi connectivity index (χ1n) is 9.54. The van der Waals surface area contributed by atoms with E-state index in [9.17, 15) is 4.79 Å². The molecule has 0 saturated heterocycles. The summed E-state index contributed by atoms with van der Waals surface area (Å²) in [5.74, 6) is 0.570. The van der Waals surface area contributed by atoms with Crippen LogP contribution in [0.3, 0.4) is 0 Å². The zero-order valence-corrected chi connectivity index (χ0v) is 16.9. The standard InChI is InChI=1S/C24H18ClN3O2/c1-30-19-10-6-5-9-18(19)23-20-21(15-7-3-2-4-8-15)26-27-22(20)24(29)28(23)17-13-11-16(25)12-14-17/h2-14,23H,1H3,(H,26,27)/t23-/m1/s1. The van der Waals surface area contributed by atoms with Crippen LogP contribution in [0.1, 0.15) is 27.7 Å². The maximum atomic E-state index is 13.5. The predicted octanol–water partition coefficient (Wildman–Crippen LogP) is 5.49. The first-order chi connectivity index (χ1) is 14.7. The van der Waals surface area contributed by atoms with E-state index in [-0.39, 0.29) is 5.91 Å². The lowest BCUT2D eigenvalue weighted by molar-refractivity contribution is 0.0988. The van der Waals surface area contributed by atoms with Gasteiger partial charge in [0.25, 0.3) is 5.91 Å². The first kappa shape index (κ1) is 18.5. The summed E-state index contributed by atoms with van der Waals surface area (Å²) in [6.07, 6.45) is 0. The molecule has 0 unspecified atom stereocenters. The molecule has 0 saturated carbocycles. The number of nitrogens with zero attached hydrogens (tertiary/aromatic N) is 2. The number of hydrogen-bond acceptors (Lipinski definition) is 3. The fraction of sp³-hybridized carbons (Fsp3) is 0.0833. The van der Waals surface area contributed by atoms with E-state index in [0.717, 1.165) is 28.1 Å². The quantitative estimate of drug-likeness (QED) is 0.479. The number of hydrogen-bond donors (Lipinski definition) is 1. The van der Waals surface area contributed by atoms with Crippen molar-refractivity contribution in [1.29, 1.82) is 0 Å². The number of carbonyl (C=O) groups is 1. The van der Waals surface area contributed by atoms with Crippen molar-refractivity contribution in [2.75, 3.05) is 12.0 Å². The topological polar surface area (TPSA) is 58.2 Å². The summed E-state index contributed by atoms with van der Waals surface area (Å²) >= 11 is 6.09. The molecule has 6 heteroatoms. The highest BCUT2D eigenvalue weighted by molar-refractivity contribution is 6.30. The van der Waals surface area contributed by atoms with E-state index in [2.05, 4.69) is 10.2 Å². The summed E-state index contributed by atoms with van der Waals surface area (Å²) in [6, 6.07) is 24.5. The molecule has 2 heterocycles. The van der Waals surface area contributed by atoms with Crippen LogP contribution in [0.2, 0.25) is 5.02 Å². The number of fused-ring (bicyclic) bond motifs is 1. The second-order valence-electron chi connectivity index (χ2n) is 7.02.